The predicted molar refractivity (Wildman–Crippen MR) is 85.5 cm³/mol. The van der Waals surface area contributed by atoms with E-state index in [-0.39, 0.29) is 24.0 Å². The summed E-state index contributed by atoms with van der Waals surface area (Å²) in [5, 5.41) is 2.41. The number of halogens is 3. The third kappa shape index (κ3) is 3.81. The standard InChI is InChI=1S/C16H15F3N2O2S/c1-9(2)12-3-10-4-15(23-16(17,18)19)14(5-13(10)21-12)22-6-11-7-24-8-20-11/h3-5,7-9,21H,6H2,1-2H3. The van der Waals surface area contributed by atoms with Crippen LogP contribution in [-0.2, 0) is 6.61 Å². The van der Waals surface area contributed by atoms with Crippen molar-refractivity contribution in [2.24, 2.45) is 0 Å². The molecule has 3 aromatic rings. The van der Waals surface area contributed by atoms with E-state index in [1.165, 1.54) is 23.5 Å². The topological polar surface area (TPSA) is 47.1 Å². The van der Waals surface area contributed by atoms with Gasteiger partial charge in [0.05, 0.1) is 11.2 Å². The highest BCUT2D eigenvalue weighted by Gasteiger charge is 2.33. The van der Waals surface area contributed by atoms with Gasteiger partial charge in [-0.3, -0.25) is 0 Å². The zero-order valence-electron chi connectivity index (χ0n) is 13.0. The highest BCUT2D eigenvalue weighted by molar-refractivity contribution is 7.07. The number of alkyl halides is 3. The van der Waals surface area contributed by atoms with Crippen LogP contribution >= 0.6 is 11.3 Å². The fourth-order valence-electron chi connectivity index (χ4n) is 2.25. The van der Waals surface area contributed by atoms with Crippen molar-refractivity contribution in [2.45, 2.75) is 32.7 Å². The van der Waals surface area contributed by atoms with Gasteiger partial charge in [-0.1, -0.05) is 13.8 Å². The lowest BCUT2D eigenvalue weighted by atomic mass is 10.1. The Kier molecular flexibility index (Phi) is 4.40. The predicted octanol–water partition coefficient (Wildman–Crippen LogP) is 5.23. The summed E-state index contributed by atoms with van der Waals surface area (Å²) in [7, 11) is 0. The summed E-state index contributed by atoms with van der Waals surface area (Å²) in [4.78, 5) is 7.24. The quantitative estimate of drug-likeness (QED) is 0.681. The number of rotatable bonds is 5. The van der Waals surface area contributed by atoms with E-state index >= 15 is 0 Å². The van der Waals surface area contributed by atoms with Gasteiger partial charge in [0.1, 0.15) is 6.61 Å². The normalized spacial score (nSPS) is 12.1. The summed E-state index contributed by atoms with van der Waals surface area (Å²) in [5.74, 6) is -0.117. The van der Waals surface area contributed by atoms with Gasteiger partial charge in [-0.25, -0.2) is 4.98 Å². The van der Waals surface area contributed by atoms with Gasteiger partial charge in [-0.05, 0) is 18.1 Å². The highest BCUT2D eigenvalue weighted by Crippen LogP contribution is 2.37. The fourth-order valence-corrected chi connectivity index (χ4v) is 2.79. The summed E-state index contributed by atoms with van der Waals surface area (Å²) >= 11 is 1.39. The first-order valence-corrected chi connectivity index (χ1v) is 8.18. The van der Waals surface area contributed by atoms with Gasteiger partial charge in [-0.2, -0.15) is 0 Å². The lowest BCUT2D eigenvalue weighted by Gasteiger charge is -2.14. The van der Waals surface area contributed by atoms with Crippen LogP contribution < -0.4 is 9.47 Å². The Bertz CT molecular complexity index is 826. The van der Waals surface area contributed by atoms with Crippen molar-refractivity contribution in [1.82, 2.24) is 9.97 Å². The Morgan fingerprint density at radius 3 is 2.62 bits per heavy atom. The molecule has 0 radical (unpaired) electrons. The lowest BCUT2D eigenvalue weighted by molar-refractivity contribution is -0.275. The largest absolute Gasteiger partial charge is 0.573 e. The molecule has 0 spiro atoms. The first-order valence-electron chi connectivity index (χ1n) is 7.24. The molecule has 1 N–H and O–H groups in total. The molecular weight excluding hydrogens is 341 g/mol. The number of nitrogens with one attached hydrogen (secondary N) is 1. The van der Waals surface area contributed by atoms with Crippen LogP contribution in [0.4, 0.5) is 13.2 Å². The maximum absolute atomic E-state index is 12.7. The van der Waals surface area contributed by atoms with Gasteiger partial charge in [0, 0.05) is 28.0 Å². The minimum absolute atomic E-state index is 0.0185. The number of hydrogen-bond acceptors (Lipinski definition) is 4. The number of aromatic nitrogens is 2. The van der Waals surface area contributed by atoms with Gasteiger partial charge in [0.25, 0.3) is 0 Å². The Morgan fingerprint density at radius 2 is 2.00 bits per heavy atom. The molecule has 1 aromatic carbocycles. The van der Waals surface area contributed by atoms with E-state index in [0.717, 1.165) is 5.69 Å². The second kappa shape index (κ2) is 6.35. The summed E-state index contributed by atoms with van der Waals surface area (Å²) in [6, 6.07) is 4.67. The molecule has 2 aromatic heterocycles. The van der Waals surface area contributed by atoms with Crippen LogP contribution in [0.1, 0.15) is 31.2 Å². The molecule has 0 amide bonds. The zero-order valence-corrected chi connectivity index (χ0v) is 13.8. The van der Waals surface area contributed by atoms with E-state index in [1.54, 1.807) is 10.9 Å². The molecular formula is C16H15F3N2O2S. The fraction of sp³-hybridized carbons (Fsp3) is 0.312. The van der Waals surface area contributed by atoms with E-state index < -0.39 is 6.36 Å². The second-order valence-corrected chi connectivity index (χ2v) is 6.30. The SMILES string of the molecule is CC(C)c1cc2cc(OC(F)(F)F)c(OCc3cscn3)cc2[nH]1. The number of hydrogen-bond donors (Lipinski definition) is 1. The van der Waals surface area contributed by atoms with Gasteiger partial charge in [0.15, 0.2) is 11.5 Å². The smallest absolute Gasteiger partial charge is 0.483 e. The number of thiazole rings is 1. The van der Waals surface area contributed by atoms with Crippen molar-refractivity contribution < 1.29 is 22.6 Å². The molecule has 0 bridgehead atoms. The molecule has 8 heteroatoms. The Hall–Kier alpha value is -2.22. The van der Waals surface area contributed by atoms with E-state index in [1.807, 2.05) is 19.9 Å². The van der Waals surface area contributed by atoms with Crippen molar-refractivity contribution in [1.29, 1.82) is 0 Å². The Balaban J connectivity index is 1.97. The van der Waals surface area contributed by atoms with Crippen LogP contribution in [-0.4, -0.2) is 16.3 Å². The zero-order chi connectivity index (χ0) is 17.3. The van der Waals surface area contributed by atoms with Crippen LogP contribution in [0.5, 0.6) is 11.5 Å². The monoisotopic (exact) mass is 356 g/mol. The van der Waals surface area contributed by atoms with Crippen molar-refractivity contribution in [2.75, 3.05) is 0 Å². The Morgan fingerprint density at radius 1 is 1.21 bits per heavy atom. The number of ether oxygens (including phenoxy) is 2. The average Bonchev–Trinajstić information content (AvgIpc) is 3.11. The number of aromatic amines is 1. The minimum Gasteiger partial charge on any atom is -0.483 e. The van der Waals surface area contributed by atoms with Crippen LogP contribution in [0, 0.1) is 0 Å². The maximum Gasteiger partial charge on any atom is 0.573 e. The first kappa shape index (κ1) is 16.6. The van der Waals surface area contributed by atoms with E-state index in [4.69, 9.17) is 4.74 Å². The van der Waals surface area contributed by atoms with Crippen molar-refractivity contribution in [3.8, 4) is 11.5 Å². The summed E-state index contributed by atoms with van der Waals surface area (Å²) in [6.45, 7) is 4.07. The van der Waals surface area contributed by atoms with E-state index in [9.17, 15) is 13.2 Å². The molecule has 128 valence electrons. The molecule has 0 unspecified atom stereocenters. The second-order valence-electron chi connectivity index (χ2n) is 5.58. The number of nitrogens with zero attached hydrogens (tertiary/aromatic N) is 1. The molecule has 3 rings (SSSR count). The molecule has 0 aliphatic carbocycles. The number of H-pyrrole nitrogens is 1. The van der Waals surface area contributed by atoms with Crippen LogP contribution in [0.3, 0.4) is 0 Å². The third-order valence-corrected chi connectivity index (χ3v) is 4.05. The molecule has 0 atom stereocenters. The van der Waals surface area contributed by atoms with Crippen molar-refractivity contribution >= 4 is 22.2 Å². The molecule has 24 heavy (non-hydrogen) atoms. The highest BCUT2D eigenvalue weighted by atomic mass is 32.1. The minimum atomic E-state index is -4.79. The molecule has 0 fully saturated rings. The third-order valence-electron chi connectivity index (χ3n) is 3.41. The van der Waals surface area contributed by atoms with E-state index in [2.05, 4.69) is 14.7 Å². The van der Waals surface area contributed by atoms with Crippen molar-refractivity contribution in [3.05, 3.63) is 40.5 Å². The molecule has 4 nitrogen and oxygen atoms in total. The van der Waals surface area contributed by atoms with Crippen LogP contribution in [0.25, 0.3) is 10.9 Å². The summed E-state index contributed by atoms with van der Waals surface area (Å²) < 4.78 is 47.6. The van der Waals surface area contributed by atoms with Gasteiger partial charge in [-0.15, -0.1) is 24.5 Å². The molecule has 2 heterocycles. The summed E-state index contributed by atoms with van der Waals surface area (Å²) in [5.41, 5.74) is 3.91. The molecule has 0 aliphatic heterocycles. The van der Waals surface area contributed by atoms with Gasteiger partial charge >= 0.3 is 6.36 Å². The van der Waals surface area contributed by atoms with Crippen molar-refractivity contribution in [3.63, 3.8) is 0 Å². The Labute approximate surface area is 140 Å². The molecule has 0 aliphatic rings. The van der Waals surface area contributed by atoms with Crippen LogP contribution in [0.15, 0.2) is 29.1 Å². The lowest BCUT2D eigenvalue weighted by Crippen LogP contribution is -2.17. The van der Waals surface area contributed by atoms with E-state index in [0.29, 0.717) is 16.6 Å². The van der Waals surface area contributed by atoms with Crippen LogP contribution in [0.2, 0.25) is 0 Å². The van der Waals surface area contributed by atoms with Gasteiger partial charge < -0.3 is 14.5 Å². The molecule has 0 saturated heterocycles. The molecule has 0 saturated carbocycles. The van der Waals surface area contributed by atoms with Gasteiger partial charge in [0.2, 0.25) is 0 Å². The number of benzene rings is 1. The first-order chi connectivity index (χ1) is 11.3. The average molecular weight is 356 g/mol. The summed E-state index contributed by atoms with van der Waals surface area (Å²) in [6.07, 6.45) is -4.79. The number of fused-ring (bicyclic) bond motifs is 1. The maximum atomic E-state index is 12.7.